The average Bonchev–Trinajstić information content (AvgIpc) is 2.49. The normalized spacial score (nSPS) is 10.7. The Hall–Kier alpha value is 1.22. The van der Waals surface area contributed by atoms with Crippen LogP contribution in [-0.2, 0) is 19.4 Å². The molecule has 0 spiro atoms. The molecule has 0 aromatic heterocycles. The first kappa shape index (κ1) is 31.9. The standard InChI is InChI=1S/C18H36O5S.2Pb.4H/c1-2-3-4-5-6-7-8-9-10-11-12-13-14-15-16-17-18(19)23-24(20,21)22;;;;;;/h2-17H2,1H3,(H,20,21,22);;;;;;. The second kappa shape index (κ2) is 22.5. The van der Waals surface area contributed by atoms with E-state index < -0.39 is 16.4 Å². The molecule has 156 valence electrons. The molecule has 1 N–H and O–H groups in total. The third kappa shape index (κ3) is 27.4. The minimum atomic E-state index is -4.64. The van der Waals surface area contributed by atoms with Gasteiger partial charge in [0.2, 0.25) is 0 Å². The SMILES string of the molecule is CCCCCCCCCCCCCCCCCC(=O)OS(=O)(=O)O.[PbH2].[PbH2]. The van der Waals surface area contributed by atoms with Crippen LogP contribution in [0.25, 0.3) is 0 Å². The van der Waals surface area contributed by atoms with Crippen molar-refractivity contribution in [3.05, 3.63) is 0 Å². The molecule has 0 heterocycles. The minimum absolute atomic E-state index is 0. The molecule has 0 bridgehead atoms. The summed E-state index contributed by atoms with van der Waals surface area (Å²) < 4.78 is 32.8. The molecule has 4 radical (unpaired) electrons. The van der Waals surface area contributed by atoms with Gasteiger partial charge in [-0.1, -0.05) is 96.8 Å². The van der Waals surface area contributed by atoms with Gasteiger partial charge in [-0.15, -0.1) is 0 Å². The summed E-state index contributed by atoms with van der Waals surface area (Å²) in [5.41, 5.74) is 0. The van der Waals surface area contributed by atoms with E-state index >= 15 is 0 Å². The Morgan fingerprint density at radius 3 is 1.31 bits per heavy atom. The predicted molar refractivity (Wildman–Crippen MR) is 114 cm³/mol. The molecule has 0 aliphatic heterocycles. The third-order valence-electron chi connectivity index (χ3n) is 4.18. The van der Waals surface area contributed by atoms with Crippen molar-refractivity contribution in [1.29, 1.82) is 0 Å². The first-order valence-corrected chi connectivity index (χ1v) is 11.0. The molecule has 26 heavy (non-hydrogen) atoms. The number of rotatable bonds is 17. The molecular formula is C18H40O5Pb2S. The van der Waals surface area contributed by atoms with Gasteiger partial charge < -0.3 is 4.18 Å². The maximum atomic E-state index is 11.0. The van der Waals surface area contributed by atoms with Gasteiger partial charge in [-0.3, -0.25) is 9.35 Å². The van der Waals surface area contributed by atoms with Crippen molar-refractivity contribution < 1.29 is 21.9 Å². The number of unbranched alkanes of at least 4 members (excludes halogenated alkanes) is 14. The predicted octanol–water partition coefficient (Wildman–Crippen LogP) is 3.76. The van der Waals surface area contributed by atoms with Crippen LogP contribution < -0.4 is 0 Å². The summed E-state index contributed by atoms with van der Waals surface area (Å²) in [7, 11) is -4.64. The Morgan fingerprint density at radius 1 is 0.692 bits per heavy atom. The van der Waals surface area contributed by atoms with Gasteiger partial charge >= 0.3 is 71.0 Å². The molecule has 0 amide bonds. The molecule has 0 saturated heterocycles. The maximum absolute atomic E-state index is 11.0. The molecule has 0 aromatic rings. The van der Waals surface area contributed by atoms with Crippen LogP contribution in [0.5, 0.6) is 0 Å². The molecule has 0 aliphatic rings. The van der Waals surface area contributed by atoms with Crippen LogP contribution in [0.3, 0.4) is 0 Å². The Balaban J connectivity index is -0.00000264. The van der Waals surface area contributed by atoms with Crippen molar-refractivity contribution in [1.82, 2.24) is 0 Å². The quantitative estimate of drug-likeness (QED) is 0.138. The fraction of sp³-hybridized carbons (Fsp3) is 0.944. The fourth-order valence-corrected chi connectivity index (χ4v) is 3.12. The van der Waals surface area contributed by atoms with Gasteiger partial charge in [-0.05, 0) is 6.42 Å². The molecule has 0 fully saturated rings. The summed E-state index contributed by atoms with van der Waals surface area (Å²) in [5.74, 6) is -0.882. The molecular weight excluding hydrogens is 743 g/mol. The number of hydrogen-bond acceptors (Lipinski definition) is 4. The van der Waals surface area contributed by atoms with E-state index in [-0.39, 0.29) is 61.0 Å². The first-order valence-electron chi connectivity index (χ1n) is 9.65. The van der Waals surface area contributed by atoms with Crippen molar-refractivity contribution >= 4 is 71.0 Å². The topological polar surface area (TPSA) is 80.7 Å². The van der Waals surface area contributed by atoms with Crippen LogP contribution in [0.2, 0.25) is 0 Å². The first-order chi connectivity index (χ1) is 11.5. The molecule has 5 nitrogen and oxygen atoms in total. The van der Waals surface area contributed by atoms with E-state index in [1.807, 2.05) is 0 Å². The van der Waals surface area contributed by atoms with E-state index in [2.05, 4.69) is 11.1 Å². The van der Waals surface area contributed by atoms with Gasteiger partial charge in [0, 0.05) is 6.42 Å². The Labute approximate surface area is 201 Å². The van der Waals surface area contributed by atoms with Crippen LogP contribution in [-0.4, -0.2) is 73.5 Å². The second-order valence-corrected chi connectivity index (χ2v) is 7.60. The number of hydrogen-bond donors (Lipinski definition) is 1. The molecule has 0 aliphatic carbocycles. The van der Waals surface area contributed by atoms with E-state index in [1.54, 1.807) is 0 Å². The van der Waals surface area contributed by atoms with E-state index in [9.17, 15) is 13.2 Å². The molecule has 0 rings (SSSR count). The Morgan fingerprint density at radius 2 is 1.00 bits per heavy atom. The van der Waals surface area contributed by atoms with Gasteiger partial charge in [-0.2, -0.15) is 8.42 Å². The van der Waals surface area contributed by atoms with Crippen LogP contribution in [0.1, 0.15) is 110 Å². The number of carbonyl (C=O) groups excluding carboxylic acids is 1. The molecule has 8 heteroatoms. The van der Waals surface area contributed by atoms with Crippen molar-refractivity contribution in [2.45, 2.75) is 110 Å². The fourth-order valence-electron chi connectivity index (χ4n) is 2.80. The van der Waals surface area contributed by atoms with E-state index in [0.29, 0.717) is 6.42 Å². The van der Waals surface area contributed by atoms with Gasteiger partial charge in [0.15, 0.2) is 0 Å². The summed E-state index contributed by atoms with van der Waals surface area (Å²) in [6.07, 6.45) is 18.5. The van der Waals surface area contributed by atoms with Gasteiger partial charge in [0.1, 0.15) is 0 Å². The molecule has 0 saturated carbocycles. The Bertz CT molecular complexity index is 402. The van der Waals surface area contributed by atoms with E-state index in [1.165, 1.54) is 70.6 Å². The van der Waals surface area contributed by atoms with E-state index in [0.717, 1.165) is 19.3 Å². The van der Waals surface area contributed by atoms with Crippen LogP contribution in [0.4, 0.5) is 0 Å². The number of carbonyl (C=O) groups is 1. The van der Waals surface area contributed by atoms with Crippen molar-refractivity contribution in [2.75, 3.05) is 0 Å². The summed E-state index contributed by atoms with van der Waals surface area (Å²) in [6, 6.07) is 0. The van der Waals surface area contributed by atoms with Crippen molar-refractivity contribution in [2.24, 2.45) is 0 Å². The second-order valence-electron chi connectivity index (χ2n) is 6.58. The summed E-state index contributed by atoms with van der Waals surface area (Å²) in [6.45, 7) is 2.25. The summed E-state index contributed by atoms with van der Waals surface area (Å²) in [5, 5.41) is 0. The van der Waals surface area contributed by atoms with Crippen molar-refractivity contribution in [3.8, 4) is 0 Å². The summed E-state index contributed by atoms with van der Waals surface area (Å²) in [4.78, 5) is 11.0. The van der Waals surface area contributed by atoms with Gasteiger partial charge in [-0.25, -0.2) is 0 Å². The van der Waals surface area contributed by atoms with Crippen LogP contribution in [0.15, 0.2) is 0 Å². The van der Waals surface area contributed by atoms with Crippen LogP contribution >= 0.6 is 0 Å². The Kier molecular flexibility index (Phi) is 27.6. The van der Waals surface area contributed by atoms with Crippen molar-refractivity contribution in [3.63, 3.8) is 0 Å². The molecule has 0 aromatic carbocycles. The average molecular weight is 783 g/mol. The zero-order chi connectivity index (χ0) is 18.1. The van der Waals surface area contributed by atoms with Gasteiger partial charge in [0.25, 0.3) is 0 Å². The van der Waals surface area contributed by atoms with E-state index in [4.69, 9.17) is 4.55 Å². The summed E-state index contributed by atoms with van der Waals surface area (Å²) >= 11 is 0. The zero-order valence-electron chi connectivity index (χ0n) is 16.7. The van der Waals surface area contributed by atoms with Crippen LogP contribution in [0, 0.1) is 0 Å². The zero-order valence-corrected chi connectivity index (χ0v) is 28.5. The van der Waals surface area contributed by atoms with Gasteiger partial charge in [0.05, 0.1) is 0 Å². The monoisotopic (exact) mass is 784 g/mol. The molecule has 0 atom stereocenters. The third-order valence-corrected chi connectivity index (χ3v) is 4.58. The molecule has 0 unspecified atom stereocenters.